The van der Waals surface area contributed by atoms with Crippen molar-refractivity contribution in [1.29, 1.82) is 0 Å². The predicted octanol–water partition coefficient (Wildman–Crippen LogP) is 4.97. The second kappa shape index (κ2) is 15.1. The second-order valence-corrected chi connectivity index (χ2v) is 5.01. The van der Waals surface area contributed by atoms with Crippen LogP contribution in [0.1, 0.15) is 5.56 Å². The number of hydrogen-bond acceptors (Lipinski definition) is 1. The Morgan fingerprint density at radius 1 is 0.769 bits per heavy atom. The van der Waals surface area contributed by atoms with Crippen molar-refractivity contribution in [2.45, 2.75) is 0 Å². The Morgan fingerprint density at radius 2 is 1.23 bits per heavy atom. The molecule has 0 aromatic heterocycles. The summed E-state index contributed by atoms with van der Waals surface area (Å²) in [6.07, 6.45) is 10.8. The molecule has 0 amide bonds. The molecule has 26 heavy (non-hydrogen) atoms. The normalized spacial score (nSPS) is 10.8. The summed E-state index contributed by atoms with van der Waals surface area (Å²) in [5, 5.41) is 11.5. The predicted molar refractivity (Wildman–Crippen MR) is 100 cm³/mol. The first-order valence-electron chi connectivity index (χ1n) is 7.85. The van der Waals surface area contributed by atoms with Gasteiger partial charge in [0.15, 0.2) is 0 Å². The molecule has 0 bridgehead atoms. The van der Waals surface area contributed by atoms with E-state index in [2.05, 4.69) is 0 Å². The molecule has 0 N–H and O–H groups in total. The molecule has 3 heteroatoms. The molecule has 0 aliphatic heterocycles. The first kappa shape index (κ1) is 23.8. The first-order valence-corrected chi connectivity index (χ1v) is 7.85. The van der Waals surface area contributed by atoms with Crippen molar-refractivity contribution in [2.75, 3.05) is 0 Å². The van der Waals surface area contributed by atoms with Crippen LogP contribution >= 0.6 is 0 Å². The minimum Gasteiger partial charge on any atom is -0.879 e. The van der Waals surface area contributed by atoms with E-state index in [0.717, 1.165) is 11.1 Å². The molecular weight excluding hydrogens is 404 g/mol. The summed E-state index contributed by atoms with van der Waals surface area (Å²) in [5.41, 5.74) is 1.80. The molecule has 0 heterocycles. The van der Waals surface area contributed by atoms with Gasteiger partial charge in [0, 0.05) is 0 Å². The summed E-state index contributed by atoms with van der Waals surface area (Å²) in [4.78, 5) is 0. The Hall–Kier alpha value is -2.15. The molecule has 0 spiro atoms. The van der Waals surface area contributed by atoms with Crippen LogP contribution in [0.3, 0.4) is 0 Å². The Kier molecular flexibility index (Phi) is 13.9. The zero-order valence-corrected chi connectivity index (χ0v) is 16.4. The first-order chi connectivity index (χ1) is 11.9. The fourth-order valence-corrected chi connectivity index (χ4v) is 1.95. The Bertz CT molecular complexity index is 682. The molecule has 1 aliphatic carbocycles. The molecule has 4 rings (SSSR count). The standard InChI is InChI=1S/C13H11O.2C5H5.2Fe/c14-13(12-7-3-4-8-12)10-9-11-5-1-2-6-11;2*1-2-4-5-3-1;;/h1-10,14H;2*1-5H;;/q3*-1;2*+2/p-1. The van der Waals surface area contributed by atoms with E-state index < -0.39 is 0 Å². The van der Waals surface area contributed by atoms with Crippen LogP contribution in [0.5, 0.6) is 0 Å². The van der Waals surface area contributed by atoms with Gasteiger partial charge in [-0.1, -0.05) is 24.3 Å². The number of rotatable bonds is 2. The molecule has 0 atom stereocenters. The molecule has 0 unspecified atom stereocenters. The zero-order chi connectivity index (χ0) is 16.9. The summed E-state index contributed by atoms with van der Waals surface area (Å²) in [6, 6.07) is 27.8. The van der Waals surface area contributed by atoms with Crippen LogP contribution in [0.2, 0.25) is 0 Å². The molecule has 0 saturated heterocycles. The summed E-state index contributed by atoms with van der Waals surface area (Å²) >= 11 is 0. The van der Waals surface area contributed by atoms with E-state index in [1.165, 1.54) is 0 Å². The van der Waals surface area contributed by atoms with Crippen LogP contribution in [0, 0.1) is 0 Å². The van der Waals surface area contributed by atoms with Gasteiger partial charge >= 0.3 is 34.1 Å². The van der Waals surface area contributed by atoms with Crippen LogP contribution in [0.25, 0.3) is 6.08 Å². The van der Waals surface area contributed by atoms with E-state index in [1.807, 2.05) is 115 Å². The van der Waals surface area contributed by atoms with Crippen molar-refractivity contribution in [3.05, 3.63) is 132 Å². The summed E-state index contributed by atoms with van der Waals surface area (Å²) < 4.78 is 0. The Balaban J connectivity index is 0.000000432. The molecular formula is C23H20Fe2O. The van der Waals surface area contributed by atoms with Gasteiger partial charge in [0.05, 0.1) is 0 Å². The topological polar surface area (TPSA) is 23.1 Å². The molecule has 0 radical (unpaired) electrons. The Morgan fingerprint density at radius 3 is 1.62 bits per heavy atom. The van der Waals surface area contributed by atoms with Gasteiger partial charge in [-0.25, -0.2) is 24.3 Å². The van der Waals surface area contributed by atoms with Gasteiger partial charge in [0.1, 0.15) is 0 Å². The van der Waals surface area contributed by atoms with Crippen LogP contribution in [-0.4, -0.2) is 0 Å². The average Bonchev–Trinajstić information content (AvgIpc) is 3.42. The third-order valence-electron chi connectivity index (χ3n) is 3.17. The fourth-order valence-electron chi connectivity index (χ4n) is 1.95. The molecule has 0 saturated carbocycles. The van der Waals surface area contributed by atoms with Crippen molar-refractivity contribution in [3.63, 3.8) is 0 Å². The van der Waals surface area contributed by atoms with E-state index >= 15 is 0 Å². The summed E-state index contributed by atoms with van der Waals surface area (Å²) in [6.45, 7) is 0. The maximum atomic E-state index is 11.5. The van der Waals surface area contributed by atoms with Gasteiger partial charge < -0.3 is 5.11 Å². The third-order valence-corrected chi connectivity index (χ3v) is 3.17. The van der Waals surface area contributed by atoms with E-state index in [9.17, 15) is 5.11 Å². The monoisotopic (exact) mass is 424 g/mol. The fraction of sp³-hybridized carbons (Fsp3) is 0. The zero-order valence-electron chi connectivity index (χ0n) is 14.2. The summed E-state index contributed by atoms with van der Waals surface area (Å²) in [5.74, 6) is 0.0520. The summed E-state index contributed by atoms with van der Waals surface area (Å²) in [7, 11) is 0. The van der Waals surface area contributed by atoms with Gasteiger partial charge in [0.25, 0.3) is 0 Å². The van der Waals surface area contributed by atoms with Gasteiger partial charge in [0.2, 0.25) is 0 Å². The maximum Gasteiger partial charge on any atom is 2.00 e. The molecule has 1 aliphatic rings. The van der Waals surface area contributed by atoms with Crippen LogP contribution in [0.4, 0.5) is 0 Å². The maximum absolute atomic E-state index is 11.5. The van der Waals surface area contributed by atoms with Crippen molar-refractivity contribution < 1.29 is 39.2 Å². The average molecular weight is 424 g/mol. The van der Waals surface area contributed by atoms with E-state index in [0.29, 0.717) is 0 Å². The number of allylic oxidation sites excluding steroid dienone is 6. The van der Waals surface area contributed by atoms with Crippen molar-refractivity contribution >= 4 is 6.08 Å². The third kappa shape index (κ3) is 9.98. The molecule has 0 fully saturated rings. The second-order valence-electron chi connectivity index (χ2n) is 5.01. The number of hydrogen-bond donors (Lipinski definition) is 0. The van der Waals surface area contributed by atoms with Crippen LogP contribution in [-0.2, 0) is 34.1 Å². The van der Waals surface area contributed by atoms with Crippen molar-refractivity contribution in [3.8, 4) is 0 Å². The minimum atomic E-state index is 0. The largest absolute Gasteiger partial charge is 2.00 e. The van der Waals surface area contributed by atoms with Gasteiger partial charge in [-0.2, -0.15) is 48.5 Å². The smallest absolute Gasteiger partial charge is 0.879 e. The van der Waals surface area contributed by atoms with Gasteiger partial charge in [-0.05, 0) is 5.57 Å². The SMILES string of the molecule is [Fe+2].[Fe+2].[O-]C(C=C[c-]1cccc1)=C1C=CC=C1.c1cc[cH-]c1.c1cc[cH-]c1. The van der Waals surface area contributed by atoms with Gasteiger partial charge in [-0.15, -0.1) is 35.6 Å². The van der Waals surface area contributed by atoms with Crippen molar-refractivity contribution in [2.24, 2.45) is 0 Å². The Labute approximate surface area is 177 Å². The quantitative estimate of drug-likeness (QED) is 0.324. The van der Waals surface area contributed by atoms with Crippen LogP contribution < -0.4 is 5.11 Å². The molecule has 3 aromatic rings. The minimum absolute atomic E-state index is 0. The van der Waals surface area contributed by atoms with E-state index in [1.54, 1.807) is 6.08 Å². The van der Waals surface area contributed by atoms with E-state index in [4.69, 9.17) is 0 Å². The molecule has 3 aromatic carbocycles. The molecule has 134 valence electrons. The van der Waals surface area contributed by atoms with Gasteiger partial charge in [-0.3, -0.25) is 0 Å². The van der Waals surface area contributed by atoms with Crippen LogP contribution in [0.15, 0.2) is 127 Å². The molecule has 1 nitrogen and oxygen atoms in total. The van der Waals surface area contributed by atoms with Crippen molar-refractivity contribution in [1.82, 2.24) is 0 Å². The van der Waals surface area contributed by atoms with E-state index in [-0.39, 0.29) is 39.9 Å².